The van der Waals surface area contributed by atoms with Crippen molar-refractivity contribution in [2.24, 2.45) is 0 Å². The van der Waals surface area contributed by atoms with Crippen molar-refractivity contribution in [3.05, 3.63) is 5.82 Å². The fraction of sp³-hybridized carbons (Fsp3) is 0.800. The number of rotatable bonds is 3. The number of aromatic nitrogens is 2. The van der Waals surface area contributed by atoms with Gasteiger partial charge in [0, 0.05) is 31.0 Å². The number of anilines is 1. The first-order valence-corrected chi connectivity index (χ1v) is 6.28. The van der Waals surface area contributed by atoms with Gasteiger partial charge in [0.25, 0.3) is 0 Å². The lowest BCUT2D eigenvalue weighted by Gasteiger charge is -2.25. The molecule has 15 heavy (non-hydrogen) atoms. The summed E-state index contributed by atoms with van der Waals surface area (Å²) >= 11 is 1.45. The second-order valence-electron chi connectivity index (χ2n) is 4.09. The highest BCUT2D eigenvalue weighted by Gasteiger charge is 2.15. The van der Waals surface area contributed by atoms with Crippen LogP contribution in [-0.2, 0) is 6.42 Å². The molecule has 1 atom stereocenters. The molecule has 0 spiro atoms. The van der Waals surface area contributed by atoms with E-state index in [-0.39, 0.29) is 6.10 Å². The second-order valence-corrected chi connectivity index (χ2v) is 4.82. The fourth-order valence-corrected chi connectivity index (χ4v) is 2.55. The number of hydrogen-bond acceptors (Lipinski definition) is 5. The first-order valence-electron chi connectivity index (χ1n) is 5.51. The molecule has 5 heteroatoms. The zero-order valence-electron chi connectivity index (χ0n) is 9.02. The molecule has 1 aromatic heterocycles. The lowest BCUT2D eigenvalue weighted by atomic mass is 10.1. The molecule has 1 aromatic rings. The summed E-state index contributed by atoms with van der Waals surface area (Å²) in [6, 6.07) is 0. The highest BCUT2D eigenvalue weighted by atomic mass is 32.1. The van der Waals surface area contributed by atoms with Crippen molar-refractivity contribution in [1.29, 1.82) is 0 Å². The van der Waals surface area contributed by atoms with E-state index in [1.54, 1.807) is 6.92 Å². The molecule has 0 saturated carbocycles. The molecule has 1 fully saturated rings. The Labute approximate surface area is 94.1 Å². The van der Waals surface area contributed by atoms with Crippen LogP contribution in [0.4, 0.5) is 5.13 Å². The lowest BCUT2D eigenvalue weighted by Crippen LogP contribution is -2.29. The SMILES string of the molecule is CC(O)Cc1nsc(N2CCCCC2)n1. The first-order chi connectivity index (χ1) is 7.25. The molecule has 0 radical (unpaired) electrons. The standard InChI is InChI=1S/C10H17N3OS/c1-8(14)7-9-11-10(15-12-9)13-5-3-2-4-6-13/h8,14H,2-7H2,1H3. The summed E-state index contributed by atoms with van der Waals surface area (Å²) in [6.45, 7) is 3.97. The minimum Gasteiger partial charge on any atom is -0.393 e. The molecule has 4 nitrogen and oxygen atoms in total. The van der Waals surface area contributed by atoms with Crippen molar-refractivity contribution in [3.63, 3.8) is 0 Å². The van der Waals surface area contributed by atoms with E-state index in [0.29, 0.717) is 6.42 Å². The van der Waals surface area contributed by atoms with Crippen LogP contribution in [0.15, 0.2) is 0 Å². The quantitative estimate of drug-likeness (QED) is 0.849. The van der Waals surface area contributed by atoms with Gasteiger partial charge in [-0.15, -0.1) is 0 Å². The molecule has 84 valence electrons. The molecular formula is C10H17N3OS. The zero-order valence-corrected chi connectivity index (χ0v) is 9.83. The van der Waals surface area contributed by atoms with Crippen molar-refractivity contribution in [2.75, 3.05) is 18.0 Å². The fourth-order valence-electron chi connectivity index (χ4n) is 1.81. The third kappa shape index (κ3) is 2.89. The van der Waals surface area contributed by atoms with Gasteiger partial charge in [0.2, 0.25) is 5.13 Å². The number of aliphatic hydroxyl groups is 1. The monoisotopic (exact) mass is 227 g/mol. The van der Waals surface area contributed by atoms with Gasteiger partial charge in [-0.1, -0.05) is 0 Å². The highest BCUT2D eigenvalue weighted by molar-refractivity contribution is 7.09. The molecule has 2 rings (SSSR count). The Bertz CT molecular complexity index is 307. The Morgan fingerprint density at radius 1 is 1.40 bits per heavy atom. The Balaban J connectivity index is 1.99. The molecule has 1 aliphatic rings. The second kappa shape index (κ2) is 4.90. The first kappa shape index (κ1) is 10.8. The summed E-state index contributed by atoms with van der Waals surface area (Å²) in [7, 11) is 0. The van der Waals surface area contributed by atoms with Gasteiger partial charge in [0.1, 0.15) is 5.82 Å². The van der Waals surface area contributed by atoms with Crippen LogP contribution >= 0.6 is 11.5 Å². The van der Waals surface area contributed by atoms with E-state index in [0.717, 1.165) is 24.0 Å². The number of piperidine rings is 1. The van der Waals surface area contributed by atoms with Gasteiger partial charge >= 0.3 is 0 Å². The van der Waals surface area contributed by atoms with E-state index in [9.17, 15) is 5.11 Å². The molecule has 1 saturated heterocycles. The summed E-state index contributed by atoms with van der Waals surface area (Å²) in [6.07, 6.45) is 4.05. The van der Waals surface area contributed by atoms with Crippen molar-refractivity contribution in [2.45, 2.75) is 38.7 Å². The van der Waals surface area contributed by atoms with E-state index in [4.69, 9.17) is 0 Å². The van der Waals surface area contributed by atoms with E-state index in [2.05, 4.69) is 14.3 Å². The Morgan fingerprint density at radius 2 is 2.13 bits per heavy atom. The maximum absolute atomic E-state index is 9.24. The zero-order chi connectivity index (χ0) is 10.7. The van der Waals surface area contributed by atoms with Crippen molar-refractivity contribution in [1.82, 2.24) is 9.36 Å². The molecule has 0 amide bonds. The molecule has 0 aromatic carbocycles. The average Bonchev–Trinajstić information content (AvgIpc) is 2.67. The van der Waals surface area contributed by atoms with Crippen LogP contribution in [0, 0.1) is 0 Å². The van der Waals surface area contributed by atoms with Gasteiger partial charge < -0.3 is 10.0 Å². The van der Waals surface area contributed by atoms with Crippen LogP contribution in [0.2, 0.25) is 0 Å². The summed E-state index contributed by atoms with van der Waals surface area (Å²) < 4.78 is 4.26. The Morgan fingerprint density at radius 3 is 2.80 bits per heavy atom. The predicted octanol–water partition coefficient (Wildman–Crippen LogP) is 1.45. The predicted molar refractivity (Wildman–Crippen MR) is 61.4 cm³/mol. The maximum atomic E-state index is 9.24. The lowest BCUT2D eigenvalue weighted by molar-refractivity contribution is 0.193. The summed E-state index contributed by atoms with van der Waals surface area (Å²) in [4.78, 5) is 6.75. The summed E-state index contributed by atoms with van der Waals surface area (Å²) in [5.41, 5.74) is 0. The normalized spacial score (nSPS) is 19.2. The number of nitrogens with zero attached hydrogens (tertiary/aromatic N) is 3. The molecule has 0 aliphatic carbocycles. The van der Waals surface area contributed by atoms with Crippen molar-refractivity contribution >= 4 is 16.7 Å². The minimum absolute atomic E-state index is 0.353. The minimum atomic E-state index is -0.353. The summed E-state index contributed by atoms with van der Waals surface area (Å²) in [5.74, 6) is 0.774. The number of hydrogen-bond donors (Lipinski definition) is 1. The van der Waals surface area contributed by atoms with Crippen LogP contribution in [0.3, 0.4) is 0 Å². The van der Waals surface area contributed by atoms with Gasteiger partial charge in [0.15, 0.2) is 0 Å². The van der Waals surface area contributed by atoms with Crippen LogP contribution in [-0.4, -0.2) is 33.7 Å². The van der Waals surface area contributed by atoms with E-state index in [1.807, 2.05) is 0 Å². The third-order valence-corrected chi connectivity index (χ3v) is 3.38. The Kier molecular flexibility index (Phi) is 3.53. The largest absolute Gasteiger partial charge is 0.393 e. The van der Waals surface area contributed by atoms with E-state index < -0.39 is 0 Å². The van der Waals surface area contributed by atoms with Crippen LogP contribution < -0.4 is 4.90 Å². The van der Waals surface area contributed by atoms with Gasteiger partial charge in [-0.2, -0.15) is 4.37 Å². The van der Waals surface area contributed by atoms with Gasteiger partial charge in [-0.05, 0) is 26.2 Å². The van der Waals surface area contributed by atoms with Crippen LogP contribution in [0.1, 0.15) is 32.0 Å². The summed E-state index contributed by atoms with van der Waals surface area (Å²) in [5, 5.41) is 10.3. The van der Waals surface area contributed by atoms with Gasteiger partial charge in [0.05, 0.1) is 6.10 Å². The highest BCUT2D eigenvalue weighted by Crippen LogP contribution is 2.21. The van der Waals surface area contributed by atoms with Crippen LogP contribution in [0.5, 0.6) is 0 Å². The maximum Gasteiger partial charge on any atom is 0.205 e. The number of aliphatic hydroxyl groups excluding tert-OH is 1. The molecule has 0 bridgehead atoms. The Hall–Kier alpha value is -0.680. The van der Waals surface area contributed by atoms with Crippen molar-refractivity contribution in [3.8, 4) is 0 Å². The average molecular weight is 227 g/mol. The van der Waals surface area contributed by atoms with Crippen LogP contribution in [0.25, 0.3) is 0 Å². The molecule has 1 unspecified atom stereocenters. The smallest absolute Gasteiger partial charge is 0.205 e. The van der Waals surface area contributed by atoms with Gasteiger partial charge in [-0.3, -0.25) is 0 Å². The molecular weight excluding hydrogens is 210 g/mol. The van der Waals surface area contributed by atoms with Gasteiger partial charge in [-0.25, -0.2) is 4.98 Å². The van der Waals surface area contributed by atoms with Crippen molar-refractivity contribution < 1.29 is 5.11 Å². The van der Waals surface area contributed by atoms with E-state index >= 15 is 0 Å². The van der Waals surface area contributed by atoms with E-state index in [1.165, 1.54) is 30.8 Å². The molecule has 1 aliphatic heterocycles. The molecule has 2 heterocycles. The topological polar surface area (TPSA) is 49.3 Å². The molecule has 1 N–H and O–H groups in total. The third-order valence-electron chi connectivity index (χ3n) is 2.56.